The Kier molecular flexibility index (Phi) is 6.32. The van der Waals surface area contributed by atoms with E-state index in [0.29, 0.717) is 19.5 Å². The molecule has 0 aromatic heterocycles. The summed E-state index contributed by atoms with van der Waals surface area (Å²) in [6.45, 7) is 1.61. The molecule has 1 N–H and O–H groups in total. The quantitative estimate of drug-likeness (QED) is 0.793. The molecule has 164 valence electrons. The monoisotopic (exact) mass is 428 g/mol. The second-order valence-corrected chi connectivity index (χ2v) is 8.37. The van der Waals surface area contributed by atoms with Crippen molar-refractivity contribution in [3.8, 4) is 0 Å². The summed E-state index contributed by atoms with van der Waals surface area (Å²) in [6.07, 6.45) is 3.48. The van der Waals surface area contributed by atoms with E-state index in [0.717, 1.165) is 49.4 Å². The predicted molar refractivity (Wildman–Crippen MR) is 111 cm³/mol. The number of likely N-dealkylation sites (tertiary alicyclic amines) is 1. The van der Waals surface area contributed by atoms with Crippen LogP contribution in [-0.4, -0.2) is 48.1 Å². The molecule has 0 radical (unpaired) electrons. The Bertz CT molecular complexity index is 923. The van der Waals surface area contributed by atoms with Crippen LogP contribution >= 0.6 is 0 Å². The smallest absolute Gasteiger partial charge is 0.251 e. The van der Waals surface area contributed by atoms with Gasteiger partial charge in [0.2, 0.25) is 5.91 Å². The third-order valence-electron chi connectivity index (χ3n) is 6.18. The number of nitrogens with one attached hydrogen (secondary N) is 1. The second kappa shape index (κ2) is 9.14. The minimum Gasteiger partial charge on any atom is -0.370 e. The molecule has 0 aliphatic carbocycles. The summed E-state index contributed by atoms with van der Waals surface area (Å²) in [5.74, 6) is -1.96. The van der Waals surface area contributed by atoms with E-state index >= 15 is 0 Å². The van der Waals surface area contributed by atoms with Crippen molar-refractivity contribution in [2.45, 2.75) is 43.8 Å². The van der Waals surface area contributed by atoms with Crippen LogP contribution in [0.15, 0.2) is 48.5 Å². The van der Waals surface area contributed by atoms with E-state index in [1.807, 2.05) is 35.2 Å². The van der Waals surface area contributed by atoms with Gasteiger partial charge in [-0.1, -0.05) is 30.3 Å². The molecule has 0 bridgehead atoms. The summed E-state index contributed by atoms with van der Waals surface area (Å²) < 4.78 is 32.9. The average Bonchev–Trinajstić information content (AvgIpc) is 3.15. The molecule has 2 aromatic carbocycles. The van der Waals surface area contributed by atoms with Gasteiger partial charge in [0.05, 0.1) is 18.1 Å². The fourth-order valence-electron chi connectivity index (χ4n) is 4.45. The van der Waals surface area contributed by atoms with Crippen LogP contribution in [0.1, 0.15) is 41.6 Å². The molecule has 2 amide bonds. The van der Waals surface area contributed by atoms with Gasteiger partial charge < -0.3 is 15.0 Å². The molecule has 4 rings (SSSR count). The third kappa shape index (κ3) is 5.28. The van der Waals surface area contributed by atoms with Gasteiger partial charge in [-0.05, 0) is 43.4 Å². The minimum absolute atomic E-state index is 0.0459. The highest BCUT2D eigenvalue weighted by molar-refractivity contribution is 5.94. The highest BCUT2D eigenvalue weighted by atomic mass is 19.1. The minimum atomic E-state index is -0.783. The molecule has 2 saturated heterocycles. The molecule has 0 unspecified atom stereocenters. The number of nitrogens with zero attached hydrogens (tertiary/aromatic N) is 1. The Labute approximate surface area is 180 Å². The zero-order valence-electron chi connectivity index (χ0n) is 17.3. The Hall–Kier alpha value is -2.80. The van der Waals surface area contributed by atoms with E-state index in [1.54, 1.807) is 0 Å². The molecule has 0 saturated carbocycles. The first-order chi connectivity index (χ1) is 14.9. The van der Waals surface area contributed by atoms with Crippen molar-refractivity contribution in [1.82, 2.24) is 10.2 Å². The van der Waals surface area contributed by atoms with Gasteiger partial charge in [-0.3, -0.25) is 9.59 Å². The number of hydrogen-bond acceptors (Lipinski definition) is 3. The van der Waals surface area contributed by atoms with Crippen molar-refractivity contribution in [3.05, 3.63) is 71.3 Å². The van der Waals surface area contributed by atoms with E-state index in [9.17, 15) is 18.4 Å². The van der Waals surface area contributed by atoms with Crippen LogP contribution in [0.2, 0.25) is 0 Å². The van der Waals surface area contributed by atoms with Crippen LogP contribution in [0.3, 0.4) is 0 Å². The summed E-state index contributed by atoms with van der Waals surface area (Å²) in [5, 5.41) is 2.71. The third-order valence-corrected chi connectivity index (χ3v) is 6.18. The first kappa shape index (κ1) is 21.4. The molecule has 2 fully saturated rings. The van der Waals surface area contributed by atoms with Crippen molar-refractivity contribution in [1.29, 1.82) is 0 Å². The molecule has 31 heavy (non-hydrogen) atoms. The van der Waals surface area contributed by atoms with Crippen molar-refractivity contribution in [3.63, 3.8) is 0 Å². The molecular weight excluding hydrogens is 402 g/mol. The molecule has 5 nitrogen and oxygen atoms in total. The molecule has 2 aliphatic rings. The van der Waals surface area contributed by atoms with Crippen LogP contribution in [-0.2, 0) is 16.0 Å². The molecule has 1 atom stereocenters. The summed E-state index contributed by atoms with van der Waals surface area (Å²) in [4.78, 5) is 26.7. The molecule has 7 heteroatoms. The number of carbonyl (C=O) groups excluding carboxylic acids is 2. The lowest BCUT2D eigenvalue weighted by molar-refractivity contribution is -0.136. The number of benzene rings is 2. The first-order valence-electron chi connectivity index (χ1n) is 10.7. The average molecular weight is 428 g/mol. The maximum Gasteiger partial charge on any atom is 0.251 e. The summed E-state index contributed by atoms with van der Waals surface area (Å²) >= 11 is 0. The van der Waals surface area contributed by atoms with Gasteiger partial charge in [0.15, 0.2) is 0 Å². The Morgan fingerprint density at radius 1 is 1.03 bits per heavy atom. The number of rotatable bonds is 5. The lowest BCUT2D eigenvalue weighted by Crippen LogP contribution is -2.47. The molecule has 1 spiro atoms. The lowest BCUT2D eigenvalue weighted by Gasteiger charge is -2.39. The van der Waals surface area contributed by atoms with Crippen LogP contribution in [0.4, 0.5) is 8.78 Å². The van der Waals surface area contributed by atoms with Gasteiger partial charge in [0.1, 0.15) is 11.6 Å². The largest absolute Gasteiger partial charge is 0.370 e. The molecule has 2 heterocycles. The zero-order valence-corrected chi connectivity index (χ0v) is 17.3. The normalized spacial score (nSPS) is 20.1. The number of ether oxygens (including phenoxy) is 1. The van der Waals surface area contributed by atoms with Gasteiger partial charge in [-0.15, -0.1) is 0 Å². The number of hydrogen-bond donors (Lipinski definition) is 1. The van der Waals surface area contributed by atoms with Gasteiger partial charge >= 0.3 is 0 Å². The second-order valence-electron chi connectivity index (χ2n) is 8.37. The SMILES string of the molecule is O=C(NC[C@@H]1CCC2(CCN(C(=O)Cc3ccccc3)CC2)O1)c1cc(F)cc(F)c1. The van der Waals surface area contributed by atoms with E-state index in [2.05, 4.69) is 5.32 Å². The molecular formula is C24H26F2N2O3. The lowest BCUT2D eigenvalue weighted by atomic mass is 9.88. The zero-order chi connectivity index (χ0) is 21.8. The van der Waals surface area contributed by atoms with E-state index < -0.39 is 17.5 Å². The first-order valence-corrected chi connectivity index (χ1v) is 10.7. The summed E-state index contributed by atoms with van der Waals surface area (Å²) in [5.41, 5.74) is 0.707. The Morgan fingerprint density at radius 2 is 1.71 bits per heavy atom. The van der Waals surface area contributed by atoms with Gasteiger partial charge in [-0.25, -0.2) is 8.78 Å². The summed E-state index contributed by atoms with van der Waals surface area (Å²) in [6, 6.07) is 12.5. The van der Waals surface area contributed by atoms with Crippen molar-refractivity contribution < 1.29 is 23.1 Å². The van der Waals surface area contributed by atoms with Crippen molar-refractivity contribution in [2.75, 3.05) is 19.6 Å². The van der Waals surface area contributed by atoms with Crippen molar-refractivity contribution in [2.24, 2.45) is 0 Å². The molecule has 2 aliphatic heterocycles. The van der Waals surface area contributed by atoms with Gasteiger partial charge in [0, 0.05) is 31.3 Å². The number of piperidine rings is 1. The Morgan fingerprint density at radius 3 is 2.39 bits per heavy atom. The fraction of sp³-hybridized carbons (Fsp3) is 0.417. The maximum absolute atomic E-state index is 13.3. The number of halogens is 2. The van der Waals surface area contributed by atoms with E-state index in [1.165, 1.54) is 0 Å². The molecule has 2 aromatic rings. The van der Waals surface area contributed by atoms with Gasteiger partial charge in [0.25, 0.3) is 5.91 Å². The van der Waals surface area contributed by atoms with Gasteiger partial charge in [-0.2, -0.15) is 0 Å². The standard InChI is InChI=1S/C24H26F2N2O3/c25-19-13-18(14-20(26)15-19)23(30)27-16-21-6-7-24(31-21)8-10-28(11-9-24)22(29)12-17-4-2-1-3-5-17/h1-5,13-15,21H,6-12,16H2,(H,27,30)/t21-/m0/s1. The van der Waals surface area contributed by atoms with Crippen LogP contribution in [0.5, 0.6) is 0 Å². The van der Waals surface area contributed by atoms with Crippen molar-refractivity contribution >= 4 is 11.8 Å². The summed E-state index contributed by atoms with van der Waals surface area (Å²) in [7, 11) is 0. The predicted octanol–water partition coefficient (Wildman–Crippen LogP) is 3.48. The van der Waals surface area contributed by atoms with Crippen LogP contribution < -0.4 is 5.32 Å². The fourth-order valence-corrected chi connectivity index (χ4v) is 4.45. The van der Waals surface area contributed by atoms with Crippen LogP contribution in [0, 0.1) is 11.6 Å². The highest BCUT2D eigenvalue weighted by Crippen LogP contribution is 2.38. The van der Waals surface area contributed by atoms with E-state index in [-0.39, 0.29) is 29.7 Å². The maximum atomic E-state index is 13.3. The number of carbonyl (C=O) groups is 2. The highest BCUT2D eigenvalue weighted by Gasteiger charge is 2.43. The van der Waals surface area contributed by atoms with Crippen LogP contribution in [0.25, 0.3) is 0 Å². The topological polar surface area (TPSA) is 58.6 Å². The Balaban J connectivity index is 1.24. The van der Waals surface area contributed by atoms with E-state index in [4.69, 9.17) is 4.74 Å². The number of amides is 2.